The van der Waals surface area contributed by atoms with Crippen molar-refractivity contribution in [3.05, 3.63) is 58.6 Å². The molecule has 1 N–H and O–H groups in total. The minimum absolute atomic E-state index is 0.0145. The van der Waals surface area contributed by atoms with Crippen LogP contribution in [0.3, 0.4) is 0 Å². The average Bonchev–Trinajstić information content (AvgIpc) is 2.53. The van der Waals surface area contributed by atoms with Gasteiger partial charge in [-0.3, -0.25) is 10.1 Å². The smallest absolute Gasteiger partial charge is 0.275 e. The number of anilines is 1. The van der Waals surface area contributed by atoms with Crippen molar-refractivity contribution in [1.82, 2.24) is 9.97 Å². The normalized spacial score (nSPS) is 10.5. The van der Waals surface area contributed by atoms with Crippen LogP contribution in [0.15, 0.2) is 48.5 Å². The predicted molar refractivity (Wildman–Crippen MR) is 81.2 cm³/mol. The first-order chi connectivity index (χ1) is 10.2. The lowest BCUT2D eigenvalue weighted by Crippen LogP contribution is -1.98. The van der Waals surface area contributed by atoms with Gasteiger partial charge >= 0.3 is 0 Å². The number of aromatic nitrogens is 2. The molecule has 0 fully saturated rings. The summed E-state index contributed by atoms with van der Waals surface area (Å²) in [6, 6.07) is 14.3. The Labute approximate surface area is 120 Å². The number of fused-ring (bicyclic) bond motifs is 1. The first-order valence-corrected chi connectivity index (χ1v) is 6.38. The Morgan fingerprint density at radius 2 is 1.86 bits per heavy atom. The highest BCUT2D eigenvalue weighted by molar-refractivity contribution is 5.81. The summed E-state index contributed by atoms with van der Waals surface area (Å²) in [4.78, 5) is 19.4. The van der Waals surface area contributed by atoms with Crippen LogP contribution in [0, 0.1) is 10.1 Å². The summed E-state index contributed by atoms with van der Waals surface area (Å²) in [5.41, 5.74) is 1.89. The van der Waals surface area contributed by atoms with E-state index in [0.717, 1.165) is 10.9 Å². The molecule has 0 aliphatic heterocycles. The largest absolute Gasteiger partial charge is 0.373 e. The van der Waals surface area contributed by atoms with Crippen molar-refractivity contribution in [2.75, 3.05) is 12.4 Å². The molecule has 0 aliphatic carbocycles. The lowest BCUT2D eigenvalue weighted by molar-refractivity contribution is -0.384. The van der Waals surface area contributed by atoms with Crippen LogP contribution in [0.1, 0.15) is 0 Å². The molecule has 0 radical (unpaired) electrons. The maximum atomic E-state index is 11.0. The topological polar surface area (TPSA) is 81.0 Å². The second kappa shape index (κ2) is 5.16. The van der Waals surface area contributed by atoms with E-state index in [-0.39, 0.29) is 5.69 Å². The molecule has 0 unspecified atom stereocenters. The molecular weight excluding hydrogens is 268 g/mol. The Hall–Kier alpha value is -3.02. The number of rotatable bonds is 3. The van der Waals surface area contributed by atoms with Gasteiger partial charge in [0.15, 0.2) is 0 Å². The Bertz CT molecular complexity index is 833. The highest BCUT2D eigenvalue weighted by atomic mass is 16.6. The zero-order valence-corrected chi connectivity index (χ0v) is 11.3. The van der Waals surface area contributed by atoms with Crippen LogP contribution in [0.25, 0.3) is 22.3 Å². The van der Waals surface area contributed by atoms with E-state index in [0.29, 0.717) is 17.2 Å². The molecule has 21 heavy (non-hydrogen) atoms. The monoisotopic (exact) mass is 280 g/mol. The van der Waals surface area contributed by atoms with Crippen LogP contribution < -0.4 is 5.32 Å². The second-order valence-corrected chi connectivity index (χ2v) is 4.49. The Morgan fingerprint density at radius 1 is 1.05 bits per heavy atom. The van der Waals surface area contributed by atoms with Crippen LogP contribution in [0.5, 0.6) is 0 Å². The number of benzene rings is 1. The van der Waals surface area contributed by atoms with Gasteiger partial charge in [0.25, 0.3) is 5.69 Å². The molecule has 0 atom stereocenters. The van der Waals surface area contributed by atoms with E-state index in [2.05, 4.69) is 15.3 Å². The zero-order chi connectivity index (χ0) is 14.8. The fourth-order valence-electron chi connectivity index (χ4n) is 2.09. The lowest BCUT2D eigenvalue weighted by atomic mass is 10.1. The van der Waals surface area contributed by atoms with Gasteiger partial charge in [0.05, 0.1) is 27.9 Å². The molecule has 0 saturated heterocycles. The highest BCUT2D eigenvalue weighted by Gasteiger charge is 2.13. The summed E-state index contributed by atoms with van der Waals surface area (Å²) in [5, 5.41) is 14.8. The molecule has 0 spiro atoms. The minimum Gasteiger partial charge on any atom is -0.373 e. The Kier molecular flexibility index (Phi) is 3.19. The summed E-state index contributed by atoms with van der Waals surface area (Å²) in [5.74, 6) is 0.439. The zero-order valence-electron chi connectivity index (χ0n) is 11.3. The van der Waals surface area contributed by atoms with Gasteiger partial charge in [-0.15, -0.1) is 0 Å². The van der Waals surface area contributed by atoms with Gasteiger partial charge < -0.3 is 5.32 Å². The van der Waals surface area contributed by atoms with Crippen molar-refractivity contribution in [1.29, 1.82) is 0 Å². The molecule has 2 aromatic heterocycles. The number of nitrogens with zero attached hydrogens (tertiary/aromatic N) is 3. The predicted octanol–water partition coefficient (Wildman–Crippen LogP) is 3.25. The maximum Gasteiger partial charge on any atom is 0.275 e. The first kappa shape index (κ1) is 13.0. The quantitative estimate of drug-likeness (QED) is 0.588. The molecule has 2 heterocycles. The number of hydrogen-bond acceptors (Lipinski definition) is 5. The molecule has 3 aromatic rings. The van der Waals surface area contributed by atoms with E-state index < -0.39 is 4.92 Å². The minimum atomic E-state index is -0.437. The van der Waals surface area contributed by atoms with Crippen molar-refractivity contribution < 1.29 is 4.92 Å². The van der Waals surface area contributed by atoms with Gasteiger partial charge in [-0.05, 0) is 12.1 Å². The Morgan fingerprint density at radius 3 is 2.62 bits per heavy atom. The molecule has 104 valence electrons. The first-order valence-electron chi connectivity index (χ1n) is 6.38. The number of hydrogen-bond donors (Lipinski definition) is 1. The van der Waals surface area contributed by atoms with Crippen LogP contribution in [-0.4, -0.2) is 21.9 Å². The molecule has 6 heteroatoms. The Balaban J connectivity index is 2.16. The summed E-state index contributed by atoms with van der Waals surface area (Å²) >= 11 is 0. The maximum absolute atomic E-state index is 11.0. The number of pyridine rings is 2. The van der Waals surface area contributed by atoms with E-state index in [4.69, 9.17) is 0 Å². The third-order valence-corrected chi connectivity index (χ3v) is 3.14. The SMILES string of the molecule is CNc1cc([N+](=O)[O-])cc(-c2ccc3ccccc3n2)n1. The van der Waals surface area contributed by atoms with Crippen LogP contribution in [0.2, 0.25) is 0 Å². The average molecular weight is 280 g/mol. The van der Waals surface area contributed by atoms with Crippen molar-refractivity contribution in [2.45, 2.75) is 0 Å². The van der Waals surface area contributed by atoms with Gasteiger partial charge in [0, 0.05) is 18.5 Å². The van der Waals surface area contributed by atoms with Crippen molar-refractivity contribution in [3.63, 3.8) is 0 Å². The highest BCUT2D eigenvalue weighted by Crippen LogP contribution is 2.25. The fourth-order valence-corrected chi connectivity index (χ4v) is 2.09. The summed E-state index contributed by atoms with van der Waals surface area (Å²) in [7, 11) is 1.67. The number of para-hydroxylation sites is 1. The molecule has 0 amide bonds. The van der Waals surface area contributed by atoms with Gasteiger partial charge in [-0.2, -0.15) is 0 Å². The third kappa shape index (κ3) is 2.51. The van der Waals surface area contributed by atoms with Crippen LogP contribution >= 0.6 is 0 Å². The van der Waals surface area contributed by atoms with Crippen LogP contribution in [-0.2, 0) is 0 Å². The van der Waals surface area contributed by atoms with E-state index in [9.17, 15) is 10.1 Å². The van der Waals surface area contributed by atoms with E-state index in [1.54, 1.807) is 7.05 Å². The van der Waals surface area contributed by atoms with Crippen molar-refractivity contribution in [3.8, 4) is 11.4 Å². The molecule has 0 saturated carbocycles. The van der Waals surface area contributed by atoms with Gasteiger partial charge in [-0.1, -0.05) is 24.3 Å². The van der Waals surface area contributed by atoms with Gasteiger partial charge in [0.1, 0.15) is 5.82 Å². The van der Waals surface area contributed by atoms with Crippen LogP contribution in [0.4, 0.5) is 11.5 Å². The van der Waals surface area contributed by atoms with E-state index in [1.807, 2.05) is 36.4 Å². The molecular formula is C15H12N4O2. The number of nitro groups is 1. The fraction of sp³-hybridized carbons (Fsp3) is 0.0667. The van der Waals surface area contributed by atoms with Crippen molar-refractivity contribution >= 4 is 22.4 Å². The molecule has 3 rings (SSSR count). The van der Waals surface area contributed by atoms with Crippen molar-refractivity contribution in [2.24, 2.45) is 0 Å². The summed E-state index contributed by atoms with van der Waals surface area (Å²) in [6.45, 7) is 0. The molecule has 0 aliphatic rings. The lowest BCUT2D eigenvalue weighted by Gasteiger charge is -2.05. The van der Waals surface area contributed by atoms with Gasteiger partial charge in [0.2, 0.25) is 0 Å². The second-order valence-electron chi connectivity index (χ2n) is 4.49. The van der Waals surface area contributed by atoms with E-state index in [1.165, 1.54) is 12.1 Å². The summed E-state index contributed by atoms with van der Waals surface area (Å²) in [6.07, 6.45) is 0. The molecule has 0 bridgehead atoms. The standard InChI is InChI=1S/C15H12N4O2/c1-16-15-9-11(19(20)21)8-14(18-15)13-7-6-10-4-2-3-5-12(10)17-13/h2-9H,1H3,(H,16,18). The van der Waals surface area contributed by atoms with E-state index >= 15 is 0 Å². The molecule has 6 nitrogen and oxygen atoms in total. The molecule has 1 aromatic carbocycles. The summed E-state index contributed by atoms with van der Waals surface area (Å²) < 4.78 is 0. The number of nitrogens with one attached hydrogen (secondary N) is 1. The van der Waals surface area contributed by atoms with Gasteiger partial charge in [-0.25, -0.2) is 9.97 Å². The third-order valence-electron chi connectivity index (χ3n) is 3.14.